The Morgan fingerprint density at radius 3 is 2.78 bits per heavy atom. The first kappa shape index (κ1) is 13.0. The molecule has 5 heteroatoms. The number of likely N-dealkylation sites (tertiary alicyclic amines) is 1. The zero-order valence-corrected chi connectivity index (χ0v) is 10.1. The number of β-amino-alcohol motifs (C(OH)–C–C–N with tert-alkyl or cyclic N) is 1. The van der Waals surface area contributed by atoms with Gasteiger partial charge in [0.25, 0.3) is 0 Å². The molecule has 98 valence electrons. The number of carbonyl (C=O) groups is 1. The third-order valence-electron chi connectivity index (χ3n) is 3.16. The number of benzene rings is 1. The molecule has 0 spiro atoms. The van der Waals surface area contributed by atoms with Gasteiger partial charge in [-0.05, 0) is 25.0 Å². The van der Waals surface area contributed by atoms with E-state index in [1.165, 1.54) is 11.0 Å². The Bertz CT molecular complexity index is 474. The fraction of sp³-hybridized carbons (Fsp3) is 0.462. The van der Waals surface area contributed by atoms with Gasteiger partial charge in [-0.15, -0.1) is 0 Å². The number of hydrogen-bond acceptors (Lipinski definition) is 2. The van der Waals surface area contributed by atoms with Crippen LogP contribution in [0.15, 0.2) is 18.2 Å². The topological polar surface area (TPSA) is 40.5 Å². The Morgan fingerprint density at radius 2 is 2.22 bits per heavy atom. The van der Waals surface area contributed by atoms with Crippen LogP contribution in [-0.4, -0.2) is 34.6 Å². The number of amides is 1. The third kappa shape index (κ3) is 2.85. The van der Waals surface area contributed by atoms with Crippen molar-refractivity contribution in [3.05, 3.63) is 35.4 Å². The summed E-state index contributed by atoms with van der Waals surface area (Å²) >= 11 is 0. The number of nitrogens with zero attached hydrogens (tertiary/aromatic N) is 1. The molecule has 1 saturated heterocycles. The first-order chi connectivity index (χ1) is 8.37. The quantitative estimate of drug-likeness (QED) is 0.869. The monoisotopic (exact) mass is 255 g/mol. The van der Waals surface area contributed by atoms with Crippen LogP contribution in [0, 0.1) is 11.6 Å². The van der Waals surface area contributed by atoms with Crippen molar-refractivity contribution in [2.24, 2.45) is 0 Å². The van der Waals surface area contributed by atoms with E-state index in [1.807, 2.05) is 0 Å². The highest BCUT2D eigenvalue weighted by Gasteiger charge is 2.33. The fourth-order valence-corrected chi connectivity index (χ4v) is 2.10. The highest BCUT2D eigenvalue weighted by molar-refractivity contribution is 5.79. The van der Waals surface area contributed by atoms with Crippen LogP contribution in [0.3, 0.4) is 0 Å². The van der Waals surface area contributed by atoms with E-state index in [2.05, 4.69) is 0 Å². The second-order valence-electron chi connectivity index (χ2n) is 4.97. The molecule has 1 aromatic carbocycles. The molecule has 0 radical (unpaired) electrons. The van der Waals surface area contributed by atoms with Gasteiger partial charge in [0.1, 0.15) is 11.6 Å². The Hall–Kier alpha value is -1.49. The smallest absolute Gasteiger partial charge is 0.227 e. The number of aliphatic hydroxyl groups is 1. The Morgan fingerprint density at radius 1 is 1.50 bits per heavy atom. The van der Waals surface area contributed by atoms with Gasteiger partial charge in [0.2, 0.25) is 5.91 Å². The summed E-state index contributed by atoms with van der Waals surface area (Å²) in [5.41, 5.74) is -0.690. The molecule has 1 N–H and O–H groups in total. The summed E-state index contributed by atoms with van der Waals surface area (Å²) < 4.78 is 26.1. The molecule has 1 unspecified atom stereocenters. The molecule has 0 saturated carbocycles. The lowest BCUT2D eigenvalue weighted by Gasteiger charge is -2.19. The van der Waals surface area contributed by atoms with E-state index < -0.39 is 17.2 Å². The standard InChI is InChI=1S/C13H15F2NO2/c1-13(18)4-5-16(8-13)12(17)6-9-2-3-10(14)7-11(9)15/h2-3,7,18H,4-6,8H2,1H3. The van der Waals surface area contributed by atoms with E-state index in [4.69, 9.17) is 0 Å². The van der Waals surface area contributed by atoms with Crippen molar-refractivity contribution < 1.29 is 18.7 Å². The molecule has 0 bridgehead atoms. The van der Waals surface area contributed by atoms with Crippen molar-refractivity contribution in [3.63, 3.8) is 0 Å². The van der Waals surface area contributed by atoms with Crippen molar-refractivity contribution in [1.82, 2.24) is 4.90 Å². The number of rotatable bonds is 2. The molecule has 1 atom stereocenters. The normalized spacial score (nSPS) is 23.4. The molecule has 18 heavy (non-hydrogen) atoms. The zero-order valence-electron chi connectivity index (χ0n) is 10.1. The molecule has 3 nitrogen and oxygen atoms in total. The lowest BCUT2D eigenvalue weighted by atomic mass is 10.1. The SMILES string of the molecule is CC1(O)CCN(C(=O)Cc2ccc(F)cc2F)C1. The van der Waals surface area contributed by atoms with Crippen LogP contribution in [0.4, 0.5) is 8.78 Å². The van der Waals surface area contributed by atoms with Gasteiger partial charge in [0.15, 0.2) is 0 Å². The predicted octanol–water partition coefficient (Wildman–Crippen LogP) is 1.49. The average molecular weight is 255 g/mol. The highest BCUT2D eigenvalue weighted by atomic mass is 19.1. The Kier molecular flexibility index (Phi) is 3.34. The van der Waals surface area contributed by atoms with Crippen LogP contribution < -0.4 is 0 Å². The summed E-state index contributed by atoms with van der Waals surface area (Å²) in [6, 6.07) is 3.17. The summed E-state index contributed by atoms with van der Waals surface area (Å²) in [5, 5.41) is 9.75. The summed E-state index contributed by atoms with van der Waals surface area (Å²) in [7, 11) is 0. The first-order valence-corrected chi connectivity index (χ1v) is 5.81. The van der Waals surface area contributed by atoms with Crippen molar-refractivity contribution in [2.75, 3.05) is 13.1 Å². The minimum absolute atomic E-state index is 0.109. The molecule has 1 fully saturated rings. The van der Waals surface area contributed by atoms with Gasteiger partial charge in [-0.25, -0.2) is 8.78 Å². The predicted molar refractivity (Wildman–Crippen MR) is 61.9 cm³/mol. The van der Waals surface area contributed by atoms with E-state index in [9.17, 15) is 18.7 Å². The van der Waals surface area contributed by atoms with E-state index in [0.717, 1.165) is 12.1 Å². The van der Waals surface area contributed by atoms with Crippen LogP contribution in [0.1, 0.15) is 18.9 Å². The van der Waals surface area contributed by atoms with E-state index >= 15 is 0 Å². The summed E-state index contributed by atoms with van der Waals surface area (Å²) in [4.78, 5) is 13.4. The fourth-order valence-electron chi connectivity index (χ4n) is 2.10. The maximum atomic E-state index is 13.4. The second kappa shape index (κ2) is 4.65. The van der Waals surface area contributed by atoms with Crippen LogP contribution >= 0.6 is 0 Å². The van der Waals surface area contributed by atoms with Gasteiger partial charge in [0, 0.05) is 19.2 Å². The van der Waals surface area contributed by atoms with E-state index in [1.54, 1.807) is 6.92 Å². The van der Waals surface area contributed by atoms with Crippen LogP contribution in [0.25, 0.3) is 0 Å². The molecule has 1 heterocycles. The Labute approximate surface area is 104 Å². The minimum atomic E-state index is -0.864. The highest BCUT2D eigenvalue weighted by Crippen LogP contribution is 2.21. The Balaban J connectivity index is 2.04. The van der Waals surface area contributed by atoms with Gasteiger partial charge < -0.3 is 10.0 Å². The van der Waals surface area contributed by atoms with Gasteiger partial charge in [-0.3, -0.25) is 4.79 Å². The van der Waals surface area contributed by atoms with Gasteiger partial charge in [0.05, 0.1) is 12.0 Å². The van der Waals surface area contributed by atoms with Gasteiger partial charge in [-0.1, -0.05) is 6.07 Å². The lowest BCUT2D eigenvalue weighted by molar-refractivity contribution is -0.130. The van der Waals surface area contributed by atoms with Crippen molar-refractivity contribution in [1.29, 1.82) is 0 Å². The molecular weight excluding hydrogens is 240 g/mol. The summed E-state index contributed by atoms with van der Waals surface area (Å²) in [5.74, 6) is -1.62. The molecule has 1 aliphatic heterocycles. The third-order valence-corrected chi connectivity index (χ3v) is 3.16. The zero-order chi connectivity index (χ0) is 13.3. The molecule has 0 aromatic heterocycles. The van der Waals surface area contributed by atoms with Gasteiger partial charge >= 0.3 is 0 Å². The number of hydrogen-bond donors (Lipinski definition) is 1. The molecule has 0 aliphatic carbocycles. The minimum Gasteiger partial charge on any atom is -0.388 e. The molecule has 1 aliphatic rings. The number of halogens is 2. The van der Waals surface area contributed by atoms with Crippen molar-refractivity contribution in [3.8, 4) is 0 Å². The number of carbonyl (C=O) groups excluding carboxylic acids is 1. The van der Waals surface area contributed by atoms with Crippen LogP contribution in [0.5, 0.6) is 0 Å². The lowest BCUT2D eigenvalue weighted by Crippen LogP contribution is -2.34. The van der Waals surface area contributed by atoms with Crippen molar-refractivity contribution in [2.45, 2.75) is 25.4 Å². The largest absolute Gasteiger partial charge is 0.388 e. The van der Waals surface area contributed by atoms with Crippen LogP contribution in [0.2, 0.25) is 0 Å². The van der Waals surface area contributed by atoms with Crippen molar-refractivity contribution >= 4 is 5.91 Å². The van der Waals surface area contributed by atoms with E-state index in [-0.39, 0.29) is 24.4 Å². The molecular formula is C13H15F2NO2. The molecule has 2 rings (SSSR count). The maximum Gasteiger partial charge on any atom is 0.227 e. The first-order valence-electron chi connectivity index (χ1n) is 5.81. The average Bonchev–Trinajstić information content (AvgIpc) is 2.63. The summed E-state index contributed by atoms with van der Waals surface area (Å²) in [6.07, 6.45) is 0.410. The maximum absolute atomic E-state index is 13.4. The van der Waals surface area contributed by atoms with Gasteiger partial charge in [-0.2, -0.15) is 0 Å². The summed E-state index contributed by atoms with van der Waals surface area (Å²) in [6.45, 7) is 2.39. The molecule has 1 aromatic rings. The van der Waals surface area contributed by atoms with Crippen LogP contribution in [-0.2, 0) is 11.2 Å². The molecule has 1 amide bonds. The second-order valence-corrected chi connectivity index (χ2v) is 4.97. The van der Waals surface area contributed by atoms with E-state index in [0.29, 0.717) is 13.0 Å².